The number of aromatic nitrogens is 1. The van der Waals surface area contributed by atoms with E-state index < -0.39 is 17.4 Å². The molecule has 0 atom stereocenters. The Labute approximate surface area is 154 Å². The van der Waals surface area contributed by atoms with Crippen LogP contribution >= 0.6 is 11.6 Å². The summed E-state index contributed by atoms with van der Waals surface area (Å²) in [7, 11) is 0. The lowest BCUT2D eigenvalue weighted by Crippen LogP contribution is -2.42. The number of halogens is 1. The maximum Gasteiger partial charge on any atom is 0.337 e. The summed E-state index contributed by atoms with van der Waals surface area (Å²) in [6, 6.07) is 10.8. The molecule has 1 saturated carbocycles. The number of rotatable bonds is 4. The maximum absolute atomic E-state index is 11.7. The zero-order valence-corrected chi connectivity index (χ0v) is 14.5. The number of carboxylic acid groups (broad SMARTS) is 2. The highest BCUT2D eigenvalue weighted by Gasteiger charge is 2.45. The van der Waals surface area contributed by atoms with Crippen molar-refractivity contribution in [3.05, 3.63) is 58.7 Å². The van der Waals surface area contributed by atoms with Crippen molar-refractivity contribution in [2.75, 3.05) is 0 Å². The largest absolute Gasteiger partial charge is 0.481 e. The van der Waals surface area contributed by atoms with Crippen LogP contribution in [0, 0.1) is 0 Å². The van der Waals surface area contributed by atoms with Gasteiger partial charge in [0, 0.05) is 22.7 Å². The van der Waals surface area contributed by atoms with Crippen LogP contribution in [0.3, 0.4) is 0 Å². The minimum absolute atomic E-state index is 0.189. The van der Waals surface area contributed by atoms with Crippen LogP contribution < -0.4 is 0 Å². The van der Waals surface area contributed by atoms with Crippen molar-refractivity contribution >= 4 is 34.4 Å². The number of fused-ring (bicyclic) bond motifs is 1. The van der Waals surface area contributed by atoms with Gasteiger partial charge in [0.05, 0.1) is 16.0 Å². The fourth-order valence-electron chi connectivity index (χ4n) is 3.67. The first-order valence-electron chi connectivity index (χ1n) is 8.30. The Hall–Kier alpha value is -2.79. The minimum Gasteiger partial charge on any atom is -0.481 e. The zero-order valence-electron chi connectivity index (χ0n) is 13.8. The van der Waals surface area contributed by atoms with Gasteiger partial charge in [-0.15, -0.1) is 0 Å². The monoisotopic (exact) mass is 369 g/mol. The van der Waals surface area contributed by atoms with E-state index in [1.165, 1.54) is 6.20 Å². The van der Waals surface area contributed by atoms with Gasteiger partial charge in [-0.05, 0) is 36.1 Å². The summed E-state index contributed by atoms with van der Waals surface area (Å²) in [5.41, 5.74) is 2.40. The Bertz CT molecular complexity index is 1030. The number of carbonyl (C=O) groups is 2. The molecule has 0 amide bonds. The quantitative estimate of drug-likeness (QED) is 0.622. The highest BCUT2D eigenvalue weighted by atomic mass is 35.5. The first-order chi connectivity index (χ1) is 12.4. The first kappa shape index (κ1) is 16.7. The molecule has 3 aromatic rings. The average molecular weight is 370 g/mol. The summed E-state index contributed by atoms with van der Waals surface area (Å²) in [5, 5.41) is 20.0. The lowest BCUT2D eigenvalue weighted by atomic mass is 9.64. The Morgan fingerprint density at radius 3 is 2.31 bits per heavy atom. The van der Waals surface area contributed by atoms with E-state index in [1.54, 1.807) is 12.1 Å². The second-order valence-electron chi connectivity index (χ2n) is 6.70. The fraction of sp³-hybridized carbons (Fsp3) is 0.200. The second kappa shape index (κ2) is 5.88. The molecule has 1 fully saturated rings. The molecule has 2 aromatic carbocycles. The van der Waals surface area contributed by atoms with Gasteiger partial charge in [-0.25, -0.2) is 4.79 Å². The smallest absolute Gasteiger partial charge is 0.337 e. The fourth-order valence-corrected chi connectivity index (χ4v) is 3.94. The summed E-state index contributed by atoms with van der Waals surface area (Å²) < 4.78 is 0. The molecule has 0 spiro atoms. The van der Waals surface area contributed by atoms with E-state index in [0.717, 1.165) is 17.5 Å². The van der Waals surface area contributed by atoms with Gasteiger partial charge in [-0.2, -0.15) is 0 Å². The van der Waals surface area contributed by atoms with Crippen LogP contribution in [-0.4, -0.2) is 27.1 Å². The molecule has 1 aliphatic rings. The molecule has 0 aliphatic heterocycles. The number of carboxylic acids is 2. The molecule has 0 bridgehead atoms. The lowest BCUT2D eigenvalue weighted by Gasteiger charge is -2.38. The molecule has 3 N–H and O–H groups in total. The Kier molecular flexibility index (Phi) is 3.77. The molecule has 1 heterocycles. The van der Waals surface area contributed by atoms with Crippen LogP contribution in [0.4, 0.5) is 0 Å². The number of benzene rings is 2. The predicted octanol–water partition coefficient (Wildman–Crippen LogP) is 4.69. The molecule has 0 radical (unpaired) electrons. The third kappa shape index (κ3) is 2.39. The standard InChI is InChI=1S/C20H16ClNO4/c21-16-9-17-14(15(10-22-17)18(23)24)8-13(16)11-2-4-12(5-3-11)20(19(25)26)6-1-7-20/h2-5,8-10,22H,1,6-7H2,(H,23,24)(H,25,26). The molecular weight excluding hydrogens is 354 g/mol. The van der Waals surface area contributed by atoms with E-state index >= 15 is 0 Å². The molecule has 26 heavy (non-hydrogen) atoms. The highest BCUT2D eigenvalue weighted by molar-refractivity contribution is 6.34. The molecule has 0 saturated heterocycles. The summed E-state index contributed by atoms with van der Waals surface area (Å²) >= 11 is 6.38. The van der Waals surface area contributed by atoms with Gasteiger partial charge in [0.15, 0.2) is 0 Å². The van der Waals surface area contributed by atoms with Crippen LogP contribution in [0.5, 0.6) is 0 Å². The number of hydrogen-bond donors (Lipinski definition) is 3. The number of aliphatic carboxylic acids is 1. The Morgan fingerprint density at radius 2 is 1.77 bits per heavy atom. The number of aromatic carboxylic acids is 1. The van der Waals surface area contributed by atoms with Crippen LogP contribution in [0.2, 0.25) is 5.02 Å². The second-order valence-corrected chi connectivity index (χ2v) is 7.11. The summed E-state index contributed by atoms with van der Waals surface area (Å²) in [5.74, 6) is -1.79. The number of H-pyrrole nitrogens is 1. The molecule has 4 rings (SSSR count). The molecule has 1 aromatic heterocycles. The van der Waals surface area contributed by atoms with Crippen molar-refractivity contribution in [1.82, 2.24) is 4.98 Å². The van der Waals surface area contributed by atoms with E-state index in [0.29, 0.717) is 34.3 Å². The zero-order chi connectivity index (χ0) is 18.5. The number of hydrogen-bond acceptors (Lipinski definition) is 2. The van der Waals surface area contributed by atoms with E-state index in [1.807, 2.05) is 24.3 Å². The first-order valence-corrected chi connectivity index (χ1v) is 8.68. The average Bonchev–Trinajstić information content (AvgIpc) is 2.96. The van der Waals surface area contributed by atoms with Crippen molar-refractivity contribution in [3.8, 4) is 11.1 Å². The highest BCUT2D eigenvalue weighted by Crippen LogP contribution is 2.44. The SMILES string of the molecule is O=C(O)c1c[nH]c2cc(Cl)c(-c3ccc(C4(C(=O)O)CCC4)cc3)cc12. The van der Waals surface area contributed by atoms with Crippen LogP contribution in [0.1, 0.15) is 35.2 Å². The van der Waals surface area contributed by atoms with Gasteiger partial charge in [-0.1, -0.05) is 42.3 Å². The predicted molar refractivity (Wildman–Crippen MR) is 98.9 cm³/mol. The van der Waals surface area contributed by atoms with E-state index in [4.69, 9.17) is 11.6 Å². The molecule has 132 valence electrons. The maximum atomic E-state index is 11.7. The van der Waals surface area contributed by atoms with Crippen molar-refractivity contribution in [3.63, 3.8) is 0 Å². The summed E-state index contributed by atoms with van der Waals surface area (Å²) in [6.07, 6.45) is 3.67. The van der Waals surface area contributed by atoms with E-state index in [2.05, 4.69) is 4.98 Å². The van der Waals surface area contributed by atoms with Gasteiger partial charge >= 0.3 is 11.9 Å². The van der Waals surface area contributed by atoms with Crippen molar-refractivity contribution in [2.45, 2.75) is 24.7 Å². The molecule has 5 nitrogen and oxygen atoms in total. The van der Waals surface area contributed by atoms with E-state index in [9.17, 15) is 19.8 Å². The molecule has 1 aliphatic carbocycles. The van der Waals surface area contributed by atoms with Crippen LogP contribution in [0.25, 0.3) is 22.0 Å². The van der Waals surface area contributed by atoms with Crippen LogP contribution in [0.15, 0.2) is 42.6 Å². The normalized spacial score (nSPS) is 15.6. The van der Waals surface area contributed by atoms with Gasteiger partial charge in [0.25, 0.3) is 0 Å². The molecule has 0 unspecified atom stereocenters. The van der Waals surface area contributed by atoms with Gasteiger partial charge < -0.3 is 15.2 Å². The van der Waals surface area contributed by atoms with Gasteiger partial charge in [0.1, 0.15) is 0 Å². The van der Waals surface area contributed by atoms with Crippen molar-refractivity contribution < 1.29 is 19.8 Å². The summed E-state index contributed by atoms with van der Waals surface area (Å²) in [4.78, 5) is 25.9. The topological polar surface area (TPSA) is 90.4 Å². The summed E-state index contributed by atoms with van der Waals surface area (Å²) in [6.45, 7) is 0. The van der Waals surface area contributed by atoms with Crippen molar-refractivity contribution in [1.29, 1.82) is 0 Å². The van der Waals surface area contributed by atoms with Gasteiger partial charge in [0.2, 0.25) is 0 Å². The Balaban J connectivity index is 1.78. The third-order valence-electron chi connectivity index (χ3n) is 5.36. The lowest BCUT2D eigenvalue weighted by molar-refractivity contribution is -0.147. The number of nitrogens with one attached hydrogen (secondary N) is 1. The van der Waals surface area contributed by atoms with Crippen LogP contribution in [-0.2, 0) is 10.2 Å². The third-order valence-corrected chi connectivity index (χ3v) is 5.68. The molecule has 6 heteroatoms. The van der Waals surface area contributed by atoms with Gasteiger partial charge in [-0.3, -0.25) is 4.79 Å². The van der Waals surface area contributed by atoms with E-state index in [-0.39, 0.29) is 5.56 Å². The van der Waals surface area contributed by atoms with Crippen molar-refractivity contribution in [2.24, 2.45) is 0 Å². The number of aromatic amines is 1. The molecular formula is C20H16ClNO4. The Morgan fingerprint density at radius 1 is 1.08 bits per heavy atom. The minimum atomic E-state index is -1.01.